The van der Waals surface area contributed by atoms with Crippen LogP contribution in [0.15, 0.2) is 18.2 Å². The molecule has 0 amide bonds. The molecule has 0 saturated carbocycles. The van der Waals surface area contributed by atoms with Crippen LogP contribution in [-0.4, -0.2) is 24.8 Å². The molecule has 96 valence electrons. The number of hydrogen-bond acceptors (Lipinski definition) is 2. The van der Waals surface area contributed by atoms with Crippen molar-refractivity contribution < 1.29 is 5.11 Å². The van der Waals surface area contributed by atoms with Crippen LogP contribution in [0.4, 0.5) is 0 Å². The Labute approximate surface area is 113 Å². The maximum Gasteiger partial charge on any atom is 0.0453 e. The summed E-state index contributed by atoms with van der Waals surface area (Å²) in [4.78, 5) is 0. The van der Waals surface area contributed by atoms with E-state index in [4.69, 9.17) is 28.3 Å². The molecule has 1 rings (SSSR count). The third kappa shape index (κ3) is 6.27. The third-order valence-corrected chi connectivity index (χ3v) is 3.18. The van der Waals surface area contributed by atoms with Gasteiger partial charge in [-0.1, -0.05) is 29.3 Å². The second kappa shape index (κ2) is 8.76. The van der Waals surface area contributed by atoms with E-state index >= 15 is 0 Å². The van der Waals surface area contributed by atoms with E-state index in [0.29, 0.717) is 11.6 Å². The van der Waals surface area contributed by atoms with Crippen molar-refractivity contribution in [3.05, 3.63) is 33.8 Å². The van der Waals surface area contributed by atoms with Gasteiger partial charge in [-0.05, 0) is 56.5 Å². The van der Waals surface area contributed by atoms with Crippen molar-refractivity contribution in [1.29, 1.82) is 0 Å². The molecule has 0 aliphatic carbocycles. The Kier molecular flexibility index (Phi) is 7.62. The van der Waals surface area contributed by atoms with Gasteiger partial charge in [-0.3, -0.25) is 0 Å². The number of halogens is 2. The van der Waals surface area contributed by atoms with Crippen LogP contribution < -0.4 is 5.32 Å². The van der Waals surface area contributed by atoms with Gasteiger partial charge in [0, 0.05) is 16.7 Å². The molecule has 0 heterocycles. The second-order valence-corrected chi connectivity index (χ2v) is 4.86. The van der Waals surface area contributed by atoms with Crippen LogP contribution in [0.1, 0.15) is 24.8 Å². The number of rotatable bonds is 8. The van der Waals surface area contributed by atoms with Gasteiger partial charge in [-0.2, -0.15) is 0 Å². The topological polar surface area (TPSA) is 32.3 Å². The number of unbranched alkanes of at least 4 members (excludes halogenated alkanes) is 2. The van der Waals surface area contributed by atoms with Crippen molar-refractivity contribution in [2.75, 3.05) is 19.7 Å². The summed E-state index contributed by atoms with van der Waals surface area (Å²) in [5.41, 5.74) is 1.12. The van der Waals surface area contributed by atoms with Crippen LogP contribution in [-0.2, 0) is 6.42 Å². The molecule has 2 N–H and O–H groups in total. The van der Waals surface area contributed by atoms with E-state index in [0.717, 1.165) is 49.4 Å². The standard InChI is InChI=1S/C13H19Cl2NO/c14-12-5-4-11(13(15)10-12)6-8-16-7-2-1-3-9-17/h4-5,10,16-17H,1-3,6-9H2. The maximum absolute atomic E-state index is 8.62. The lowest BCUT2D eigenvalue weighted by atomic mass is 10.1. The zero-order valence-corrected chi connectivity index (χ0v) is 11.4. The number of hydrogen-bond donors (Lipinski definition) is 2. The Bertz CT molecular complexity index is 331. The van der Waals surface area contributed by atoms with Crippen LogP contribution >= 0.6 is 23.2 Å². The number of benzene rings is 1. The van der Waals surface area contributed by atoms with Crippen molar-refractivity contribution in [3.63, 3.8) is 0 Å². The Morgan fingerprint density at radius 3 is 2.59 bits per heavy atom. The lowest BCUT2D eigenvalue weighted by molar-refractivity contribution is 0.283. The second-order valence-electron chi connectivity index (χ2n) is 4.02. The molecule has 0 fully saturated rings. The van der Waals surface area contributed by atoms with E-state index in [1.54, 1.807) is 6.07 Å². The van der Waals surface area contributed by atoms with Gasteiger partial charge in [-0.15, -0.1) is 0 Å². The third-order valence-electron chi connectivity index (χ3n) is 2.60. The highest BCUT2D eigenvalue weighted by molar-refractivity contribution is 6.35. The fraction of sp³-hybridized carbons (Fsp3) is 0.538. The average Bonchev–Trinajstić information content (AvgIpc) is 2.30. The molecule has 0 atom stereocenters. The predicted molar refractivity (Wildman–Crippen MR) is 74.0 cm³/mol. The highest BCUT2D eigenvalue weighted by atomic mass is 35.5. The van der Waals surface area contributed by atoms with Crippen LogP contribution in [0.5, 0.6) is 0 Å². The van der Waals surface area contributed by atoms with Gasteiger partial charge in [0.1, 0.15) is 0 Å². The molecule has 0 unspecified atom stereocenters. The minimum Gasteiger partial charge on any atom is -0.396 e. The number of aliphatic hydroxyl groups is 1. The fourth-order valence-corrected chi connectivity index (χ4v) is 2.11. The zero-order valence-electron chi connectivity index (χ0n) is 9.88. The quantitative estimate of drug-likeness (QED) is 0.714. The summed E-state index contributed by atoms with van der Waals surface area (Å²) < 4.78 is 0. The first-order valence-electron chi connectivity index (χ1n) is 5.99. The Hall–Kier alpha value is -0.280. The SMILES string of the molecule is OCCCCCNCCc1ccc(Cl)cc1Cl. The van der Waals surface area contributed by atoms with Gasteiger partial charge < -0.3 is 10.4 Å². The summed E-state index contributed by atoms with van der Waals surface area (Å²) in [6.45, 7) is 2.20. The van der Waals surface area contributed by atoms with E-state index in [9.17, 15) is 0 Å². The highest BCUT2D eigenvalue weighted by Gasteiger charge is 2.00. The van der Waals surface area contributed by atoms with Crippen molar-refractivity contribution >= 4 is 23.2 Å². The molecule has 0 bridgehead atoms. The highest BCUT2D eigenvalue weighted by Crippen LogP contribution is 2.20. The summed E-state index contributed by atoms with van der Waals surface area (Å²) in [7, 11) is 0. The largest absolute Gasteiger partial charge is 0.396 e. The first kappa shape index (κ1) is 14.8. The monoisotopic (exact) mass is 275 g/mol. The molecular weight excluding hydrogens is 257 g/mol. The molecule has 0 aromatic heterocycles. The van der Waals surface area contributed by atoms with E-state index in [2.05, 4.69) is 5.32 Å². The van der Waals surface area contributed by atoms with Gasteiger partial charge in [-0.25, -0.2) is 0 Å². The molecule has 0 spiro atoms. The normalized spacial score (nSPS) is 10.8. The smallest absolute Gasteiger partial charge is 0.0453 e. The van der Waals surface area contributed by atoms with Gasteiger partial charge in [0.15, 0.2) is 0 Å². The van der Waals surface area contributed by atoms with E-state index in [1.165, 1.54) is 0 Å². The summed E-state index contributed by atoms with van der Waals surface area (Å²) in [6, 6.07) is 5.61. The maximum atomic E-state index is 8.62. The zero-order chi connectivity index (χ0) is 12.5. The molecule has 1 aromatic carbocycles. The summed E-state index contributed by atoms with van der Waals surface area (Å²) in [6.07, 6.45) is 3.99. The summed E-state index contributed by atoms with van der Waals surface area (Å²) in [5.74, 6) is 0. The average molecular weight is 276 g/mol. The summed E-state index contributed by atoms with van der Waals surface area (Å²) in [5, 5.41) is 13.4. The molecule has 0 aliphatic heterocycles. The van der Waals surface area contributed by atoms with Crippen LogP contribution in [0.2, 0.25) is 10.0 Å². The van der Waals surface area contributed by atoms with Crippen LogP contribution in [0, 0.1) is 0 Å². The van der Waals surface area contributed by atoms with Crippen molar-refractivity contribution in [1.82, 2.24) is 5.32 Å². The predicted octanol–water partition coefficient (Wildman–Crippen LogP) is 3.29. The van der Waals surface area contributed by atoms with Crippen molar-refractivity contribution in [2.24, 2.45) is 0 Å². The first-order chi connectivity index (χ1) is 8.24. The van der Waals surface area contributed by atoms with E-state index < -0.39 is 0 Å². The molecule has 0 aliphatic rings. The Balaban J connectivity index is 2.14. The molecule has 0 saturated heterocycles. The Morgan fingerprint density at radius 1 is 1.06 bits per heavy atom. The van der Waals surface area contributed by atoms with Crippen LogP contribution in [0.25, 0.3) is 0 Å². The van der Waals surface area contributed by atoms with Gasteiger partial charge in [0.05, 0.1) is 0 Å². The van der Waals surface area contributed by atoms with Gasteiger partial charge >= 0.3 is 0 Å². The minimum absolute atomic E-state index is 0.292. The lowest BCUT2D eigenvalue weighted by Crippen LogP contribution is -2.18. The molecule has 4 heteroatoms. The molecule has 1 aromatic rings. The minimum atomic E-state index is 0.292. The number of aliphatic hydroxyl groups excluding tert-OH is 1. The molecule has 17 heavy (non-hydrogen) atoms. The molecule has 2 nitrogen and oxygen atoms in total. The van der Waals surface area contributed by atoms with E-state index in [-0.39, 0.29) is 0 Å². The first-order valence-corrected chi connectivity index (χ1v) is 6.75. The fourth-order valence-electron chi connectivity index (χ4n) is 1.61. The molecular formula is C13H19Cl2NO. The van der Waals surface area contributed by atoms with E-state index in [1.807, 2.05) is 12.1 Å². The summed E-state index contributed by atoms with van der Waals surface area (Å²) >= 11 is 11.9. The van der Waals surface area contributed by atoms with Crippen LogP contribution in [0.3, 0.4) is 0 Å². The Morgan fingerprint density at radius 2 is 1.88 bits per heavy atom. The lowest BCUT2D eigenvalue weighted by Gasteiger charge is -2.06. The molecule has 0 radical (unpaired) electrons. The number of nitrogens with one attached hydrogen (secondary N) is 1. The van der Waals surface area contributed by atoms with Gasteiger partial charge in [0.2, 0.25) is 0 Å². The van der Waals surface area contributed by atoms with Gasteiger partial charge in [0.25, 0.3) is 0 Å². The van der Waals surface area contributed by atoms with Crippen molar-refractivity contribution in [3.8, 4) is 0 Å². The van der Waals surface area contributed by atoms with Crippen molar-refractivity contribution in [2.45, 2.75) is 25.7 Å².